The van der Waals surface area contributed by atoms with Gasteiger partial charge in [-0.1, -0.05) is 0 Å². The molecule has 2 rings (SSSR count). The lowest BCUT2D eigenvalue weighted by Gasteiger charge is -1.99. The van der Waals surface area contributed by atoms with Crippen LogP contribution in [0.4, 0.5) is 4.39 Å². The zero-order chi connectivity index (χ0) is 11.0. The van der Waals surface area contributed by atoms with E-state index in [-0.39, 0.29) is 5.82 Å². The number of benzene rings is 1. The number of carboxylic acid groups (broad SMARTS) is 1. The minimum atomic E-state index is -1.54. The van der Waals surface area contributed by atoms with Crippen LogP contribution >= 0.6 is 11.3 Å². The number of halogens is 1. The Labute approximate surface area is 88.4 Å². The molecule has 0 saturated carbocycles. The van der Waals surface area contributed by atoms with E-state index >= 15 is 0 Å². The van der Waals surface area contributed by atoms with Gasteiger partial charge in [0.05, 0.1) is 0 Å². The maximum Gasteiger partial charge on any atom is 0.338 e. The van der Waals surface area contributed by atoms with Crippen molar-refractivity contribution in [3.63, 3.8) is 0 Å². The molecule has 0 spiro atoms. The number of fused-ring (bicyclic) bond motifs is 1. The van der Waals surface area contributed by atoms with Gasteiger partial charge in [-0.3, -0.25) is 0 Å². The number of carbonyl (C=O) groups is 1. The molecule has 2 N–H and O–H groups in total. The van der Waals surface area contributed by atoms with Gasteiger partial charge in [0, 0.05) is 9.58 Å². The zero-order valence-electron chi connectivity index (χ0n) is 7.48. The highest BCUT2D eigenvalue weighted by molar-refractivity contribution is 7.19. The summed E-state index contributed by atoms with van der Waals surface area (Å²) in [6.07, 6.45) is -1.54. The Hall–Kier alpha value is -1.46. The lowest BCUT2D eigenvalue weighted by molar-refractivity contribution is -0.146. The minimum absolute atomic E-state index is 0.308. The van der Waals surface area contributed by atoms with Crippen LogP contribution in [0.25, 0.3) is 10.1 Å². The van der Waals surface area contributed by atoms with Gasteiger partial charge in [0.1, 0.15) is 5.82 Å². The number of rotatable bonds is 2. The van der Waals surface area contributed by atoms with Crippen molar-refractivity contribution >= 4 is 27.4 Å². The van der Waals surface area contributed by atoms with Crippen LogP contribution in [-0.2, 0) is 4.79 Å². The van der Waals surface area contributed by atoms with Crippen LogP contribution in [0, 0.1) is 5.82 Å². The zero-order valence-corrected chi connectivity index (χ0v) is 8.29. The molecule has 1 atom stereocenters. The fraction of sp³-hybridized carbons (Fsp3) is 0.100. The number of hydrogen-bond donors (Lipinski definition) is 2. The van der Waals surface area contributed by atoms with Crippen LogP contribution in [0.15, 0.2) is 24.3 Å². The summed E-state index contributed by atoms with van der Waals surface area (Å²) in [4.78, 5) is 10.8. The van der Waals surface area contributed by atoms with Crippen molar-refractivity contribution in [3.05, 3.63) is 35.0 Å². The van der Waals surface area contributed by atoms with Gasteiger partial charge in [0.15, 0.2) is 6.10 Å². The lowest BCUT2D eigenvalue weighted by atomic mass is 10.2. The fourth-order valence-electron chi connectivity index (χ4n) is 1.29. The maximum absolute atomic E-state index is 12.8. The van der Waals surface area contributed by atoms with Crippen molar-refractivity contribution in [2.75, 3.05) is 0 Å². The van der Waals surface area contributed by atoms with Gasteiger partial charge in [-0.05, 0) is 29.7 Å². The van der Waals surface area contributed by atoms with Gasteiger partial charge in [-0.25, -0.2) is 9.18 Å². The van der Waals surface area contributed by atoms with E-state index in [2.05, 4.69) is 0 Å². The molecule has 0 aliphatic carbocycles. The minimum Gasteiger partial charge on any atom is -0.479 e. The average molecular weight is 226 g/mol. The maximum atomic E-state index is 12.8. The summed E-state index contributed by atoms with van der Waals surface area (Å²) < 4.78 is 13.6. The Bertz CT molecular complexity index is 520. The number of carboxylic acids is 1. The Kier molecular flexibility index (Phi) is 2.42. The highest BCUT2D eigenvalue weighted by atomic mass is 32.1. The number of hydrogen-bond acceptors (Lipinski definition) is 3. The van der Waals surface area contributed by atoms with E-state index in [1.807, 2.05) is 0 Å². The van der Waals surface area contributed by atoms with Gasteiger partial charge in [0.25, 0.3) is 0 Å². The van der Waals surface area contributed by atoms with Crippen LogP contribution in [0.5, 0.6) is 0 Å². The highest BCUT2D eigenvalue weighted by Crippen LogP contribution is 2.30. The topological polar surface area (TPSA) is 57.5 Å². The Morgan fingerprint density at radius 1 is 1.40 bits per heavy atom. The Morgan fingerprint density at radius 2 is 2.13 bits per heavy atom. The van der Waals surface area contributed by atoms with Gasteiger partial charge >= 0.3 is 5.97 Å². The summed E-state index contributed by atoms with van der Waals surface area (Å²) in [5.41, 5.74) is 0. The van der Waals surface area contributed by atoms with Crippen LogP contribution in [0.3, 0.4) is 0 Å². The predicted molar refractivity (Wildman–Crippen MR) is 54.4 cm³/mol. The van der Waals surface area contributed by atoms with Crippen LogP contribution in [0.1, 0.15) is 11.0 Å². The number of aliphatic hydroxyl groups is 1. The standard InChI is InChI=1S/C10H7FO3S/c11-6-1-2-7-5(3-6)4-8(15-7)9(12)10(13)14/h1-4,9,12H,(H,13,14). The van der Waals surface area contributed by atoms with Crippen molar-refractivity contribution in [3.8, 4) is 0 Å². The normalized spacial score (nSPS) is 12.9. The number of aliphatic hydroxyl groups excluding tert-OH is 1. The summed E-state index contributed by atoms with van der Waals surface area (Å²) in [5.74, 6) is -1.68. The molecule has 0 fully saturated rings. The van der Waals surface area contributed by atoms with E-state index in [4.69, 9.17) is 5.11 Å². The average Bonchev–Trinajstić information content (AvgIpc) is 2.58. The van der Waals surface area contributed by atoms with E-state index in [9.17, 15) is 14.3 Å². The molecule has 0 aliphatic rings. The van der Waals surface area contributed by atoms with Crippen molar-refractivity contribution in [2.24, 2.45) is 0 Å². The fourth-order valence-corrected chi connectivity index (χ4v) is 2.32. The smallest absolute Gasteiger partial charge is 0.338 e. The molecule has 0 aliphatic heterocycles. The molecule has 1 heterocycles. The second-order valence-corrected chi connectivity index (χ2v) is 4.19. The van der Waals surface area contributed by atoms with E-state index < -0.39 is 12.1 Å². The third-order valence-corrected chi connectivity index (χ3v) is 3.17. The third-order valence-electron chi connectivity index (χ3n) is 2.00. The Morgan fingerprint density at radius 3 is 2.80 bits per heavy atom. The van der Waals surface area contributed by atoms with Crippen LogP contribution in [-0.4, -0.2) is 16.2 Å². The molecule has 0 radical (unpaired) electrons. The van der Waals surface area contributed by atoms with Gasteiger partial charge < -0.3 is 10.2 Å². The van der Waals surface area contributed by atoms with Crippen molar-refractivity contribution in [2.45, 2.75) is 6.10 Å². The van der Waals surface area contributed by atoms with E-state index in [1.54, 1.807) is 6.07 Å². The summed E-state index contributed by atoms with van der Waals surface area (Å²) in [6, 6.07) is 5.66. The van der Waals surface area contributed by atoms with Gasteiger partial charge in [-0.15, -0.1) is 11.3 Å². The van der Waals surface area contributed by atoms with Crippen molar-refractivity contribution in [1.29, 1.82) is 0 Å². The molecule has 1 aromatic carbocycles. The first-order valence-electron chi connectivity index (χ1n) is 4.18. The van der Waals surface area contributed by atoms with Crippen molar-refractivity contribution < 1.29 is 19.4 Å². The van der Waals surface area contributed by atoms with Crippen LogP contribution in [0.2, 0.25) is 0 Å². The first-order chi connectivity index (χ1) is 7.08. The molecular formula is C10H7FO3S. The predicted octanol–water partition coefficient (Wildman–Crippen LogP) is 2.16. The molecular weight excluding hydrogens is 219 g/mol. The molecule has 5 heteroatoms. The van der Waals surface area contributed by atoms with E-state index in [0.29, 0.717) is 10.3 Å². The largest absolute Gasteiger partial charge is 0.479 e. The molecule has 0 saturated heterocycles. The Balaban J connectivity index is 2.51. The molecule has 2 aromatic rings. The summed E-state index contributed by atoms with van der Waals surface area (Å²) in [7, 11) is 0. The first kappa shape index (κ1) is 10.1. The first-order valence-corrected chi connectivity index (χ1v) is 4.99. The van der Waals surface area contributed by atoms with Gasteiger partial charge in [-0.2, -0.15) is 0 Å². The molecule has 3 nitrogen and oxygen atoms in total. The third kappa shape index (κ3) is 1.84. The highest BCUT2D eigenvalue weighted by Gasteiger charge is 2.18. The van der Waals surface area contributed by atoms with E-state index in [0.717, 1.165) is 16.0 Å². The van der Waals surface area contributed by atoms with Gasteiger partial charge in [0.2, 0.25) is 0 Å². The number of thiophene rings is 1. The summed E-state index contributed by atoms with van der Waals surface area (Å²) >= 11 is 1.14. The molecule has 1 aromatic heterocycles. The second-order valence-electron chi connectivity index (χ2n) is 3.07. The SMILES string of the molecule is O=C(O)C(O)c1cc2cc(F)ccc2s1. The number of aliphatic carboxylic acids is 1. The van der Waals surface area contributed by atoms with Crippen LogP contribution < -0.4 is 0 Å². The second kappa shape index (κ2) is 3.60. The molecule has 78 valence electrons. The lowest BCUT2D eigenvalue weighted by Crippen LogP contribution is -2.08. The van der Waals surface area contributed by atoms with Crippen molar-refractivity contribution in [1.82, 2.24) is 0 Å². The monoisotopic (exact) mass is 226 g/mol. The molecule has 1 unspecified atom stereocenters. The summed E-state index contributed by atoms with van der Waals surface area (Å²) in [6.45, 7) is 0. The quantitative estimate of drug-likeness (QED) is 0.825. The van der Waals surface area contributed by atoms with E-state index in [1.165, 1.54) is 18.2 Å². The summed E-state index contributed by atoms with van der Waals surface area (Å²) in [5, 5.41) is 18.5. The molecule has 15 heavy (non-hydrogen) atoms. The molecule has 0 amide bonds. The molecule has 0 bridgehead atoms.